The number of nitrogens with zero attached hydrogens (tertiary/aromatic N) is 4. The molecule has 20 heteroatoms. The summed E-state index contributed by atoms with van der Waals surface area (Å²) in [7, 11) is 4.86. The number of thiophene rings is 1. The zero-order valence-corrected chi connectivity index (χ0v) is 51.3. The predicted molar refractivity (Wildman–Crippen MR) is 339 cm³/mol. The number of hydrogen-bond donors (Lipinski definition) is 1. The predicted octanol–water partition coefficient (Wildman–Crippen LogP) is 13.5. The van der Waals surface area contributed by atoms with Gasteiger partial charge in [-0.1, -0.05) is 96.5 Å². The molecule has 0 saturated heterocycles. The minimum Gasteiger partial charge on any atom is -0.497 e. The topological polar surface area (TPSA) is 190 Å². The highest BCUT2D eigenvalue weighted by molar-refractivity contribution is 7.22. The van der Waals surface area contributed by atoms with Crippen molar-refractivity contribution < 1.29 is 66.4 Å². The summed E-state index contributed by atoms with van der Waals surface area (Å²) < 4.78 is 82.5. The summed E-state index contributed by atoms with van der Waals surface area (Å²) in [6.45, 7) is 4.12. The summed E-state index contributed by atoms with van der Waals surface area (Å²) in [6, 6.07) is 49.4. The molecular weight excluding hydrogens is 1190 g/mol. The van der Waals surface area contributed by atoms with E-state index in [-0.39, 0.29) is 43.8 Å². The Balaban J connectivity index is 0.969. The van der Waals surface area contributed by atoms with E-state index < -0.39 is 29.6 Å². The molecule has 0 saturated carbocycles. The number of methoxy groups -OCH3 is 3. The van der Waals surface area contributed by atoms with Crippen LogP contribution < -0.4 is 33.2 Å². The molecule has 4 bridgehead atoms. The van der Waals surface area contributed by atoms with Gasteiger partial charge in [0.15, 0.2) is 11.9 Å². The standard InChI is InChI=1S/C70H64ClFN4O13S/c1-44-56-27-29-60(64(44)71)88-55(42-87-70(47-10-6-5-7-11-47,48-16-22-52(80-3)23-17-48)49-18-24-53(81-4)25-19-49)41-85-54-26-28-58(86-40-51-30-31-73-66(76-51)57-12-8-9-13-59(57)84-37-36-83-35-34-82-33-32-79-2)46(38-54)39-61(69(77)78)89-67-63-62(56)65(90-68(63)75-43-74-67)45-14-20-50(72)21-15-45/h5-31,38,43,55,61H,32-37,39-42H2,1-4H3,(H,77,78)/t55-,61+/m0/s1. The Morgan fingerprint density at radius 2 is 1.40 bits per heavy atom. The van der Waals surface area contributed by atoms with Crippen molar-refractivity contribution in [2.75, 3.05) is 74.2 Å². The number of ether oxygens (including phenoxy) is 11. The third kappa shape index (κ3) is 14.3. The Labute approximate surface area is 528 Å². The molecule has 10 aromatic rings. The number of aliphatic carboxylic acids is 1. The lowest BCUT2D eigenvalue weighted by molar-refractivity contribution is -0.145. The second-order valence-corrected chi connectivity index (χ2v) is 22.1. The van der Waals surface area contributed by atoms with E-state index in [0.717, 1.165) is 16.7 Å². The minimum absolute atomic E-state index is 0.00325. The Morgan fingerprint density at radius 3 is 2.11 bits per heavy atom. The first-order valence-electron chi connectivity index (χ1n) is 29.0. The molecule has 0 fully saturated rings. The van der Waals surface area contributed by atoms with Crippen molar-refractivity contribution in [1.82, 2.24) is 19.9 Å². The number of halogens is 2. The summed E-state index contributed by atoms with van der Waals surface area (Å²) in [5, 5.41) is 11.8. The molecule has 2 aliphatic heterocycles. The Bertz CT molecular complexity index is 4000. The van der Waals surface area contributed by atoms with Crippen LogP contribution in [0.4, 0.5) is 4.39 Å². The molecule has 17 nitrogen and oxygen atoms in total. The second-order valence-electron chi connectivity index (χ2n) is 20.7. The highest BCUT2D eigenvalue weighted by Crippen LogP contribution is 2.50. The maximum absolute atomic E-state index is 14.6. The summed E-state index contributed by atoms with van der Waals surface area (Å²) in [6.07, 6.45) is 0.317. The van der Waals surface area contributed by atoms with Crippen LogP contribution in [-0.4, -0.2) is 117 Å². The fourth-order valence-electron chi connectivity index (χ4n) is 10.5. The maximum atomic E-state index is 14.6. The number of carbonyl (C=O) groups is 1. The van der Waals surface area contributed by atoms with E-state index in [1.807, 2.05) is 116 Å². The van der Waals surface area contributed by atoms with Crippen molar-refractivity contribution in [3.05, 3.63) is 221 Å². The number of aromatic nitrogens is 4. The van der Waals surface area contributed by atoms with Crippen LogP contribution in [0.15, 0.2) is 176 Å². The fourth-order valence-corrected chi connectivity index (χ4v) is 11.9. The van der Waals surface area contributed by atoms with Crippen LogP contribution in [0.2, 0.25) is 5.02 Å². The molecule has 7 aromatic carbocycles. The van der Waals surface area contributed by atoms with E-state index in [4.69, 9.17) is 68.7 Å². The zero-order valence-electron chi connectivity index (χ0n) is 49.8. The number of fused-ring (bicyclic) bond motifs is 7. The molecule has 0 radical (unpaired) electrons. The van der Waals surface area contributed by atoms with Gasteiger partial charge in [0.1, 0.15) is 76.9 Å². The lowest BCUT2D eigenvalue weighted by Gasteiger charge is -2.37. The summed E-state index contributed by atoms with van der Waals surface area (Å²) >= 11 is 8.81. The number of rotatable bonds is 24. The molecule has 462 valence electrons. The van der Waals surface area contributed by atoms with Gasteiger partial charge in [-0.2, -0.15) is 0 Å². The van der Waals surface area contributed by atoms with Crippen LogP contribution in [0.3, 0.4) is 0 Å². The van der Waals surface area contributed by atoms with Crippen molar-refractivity contribution >= 4 is 39.1 Å². The fraction of sp³-hybridized carbons (Fsp3) is 0.243. The Hall–Kier alpha value is -9.21. The van der Waals surface area contributed by atoms with Gasteiger partial charge in [-0.3, -0.25) is 0 Å². The van der Waals surface area contributed by atoms with Gasteiger partial charge in [0.05, 0.1) is 75.5 Å². The second kappa shape index (κ2) is 29.4. The Kier molecular flexibility index (Phi) is 20.4. The van der Waals surface area contributed by atoms with Crippen LogP contribution in [0.1, 0.15) is 33.5 Å². The van der Waals surface area contributed by atoms with Crippen LogP contribution in [0.25, 0.3) is 43.2 Å². The normalized spacial score (nSPS) is 14.0. The molecule has 0 aliphatic carbocycles. The zero-order chi connectivity index (χ0) is 62.4. The molecule has 0 spiro atoms. The van der Waals surface area contributed by atoms with E-state index in [1.54, 1.807) is 70.0 Å². The van der Waals surface area contributed by atoms with Crippen LogP contribution in [0.5, 0.6) is 40.4 Å². The molecule has 0 amide bonds. The molecule has 2 atom stereocenters. The first-order chi connectivity index (χ1) is 44.0. The monoisotopic (exact) mass is 1250 g/mol. The van der Waals surface area contributed by atoms with E-state index in [1.165, 1.54) is 29.8 Å². The summed E-state index contributed by atoms with van der Waals surface area (Å²) in [4.78, 5) is 33.6. The van der Waals surface area contributed by atoms with Crippen molar-refractivity contribution in [2.45, 2.75) is 37.8 Å². The largest absolute Gasteiger partial charge is 0.497 e. The molecule has 1 N–H and O–H groups in total. The first-order valence-corrected chi connectivity index (χ1v) is 30.2. The van der Waals surface area contributed by atoms with Gasteiger partial charge in [-0.05, 0) is 119 Å². The smallest absolute Gasteiger partial charge is 0.345 e. The number of para-hydroxylation sites is 1. The van der Waals surface area contributed by atoms with Gasteiger partial charge in [0, 0.05) is 35.7 Å². The van der Waals surface area contributed by atoms with Gasteiger partial charge < -0.3 is 57.2 Å². The molecule has 3 aromatic heterocycles. The van der Waals surface area contributed by atoms with Gasteiger partial charge >= 0.3 is 5.97 Å². The number of carboxylic acids is 1. The van der Waals surface area contributed by atoms with Crippen LogP contribution >= 0.6 is 22.9 Å². The van der Waals surface area contributed by atoms with Crippen molar-refractivity contribution in [1.29, 1.82) is 0 Å². The quantitative estimate of drug-likeness (QED) is 0.0443. The lowest BCUT2D eigenvalue weighted by atomic mass is 9.80. The third-order valence-electron chi connectivity index (χ3n) is 15.0. The van der Waals surface area contributed by atoms with E-state index >= 15 is 0 Å². The number of carboxylic acid groups (broad SMARTS) is 1. The summed E-state index contributed by atoms with van der Waals surface area (Å²) in [5.41, 5.74) is 5.31. The molecule has 2 aliphatic rings. The molecule has 5 heterocycles. The number of hydrogen-bond acceptors (Lipinski definition) is 17. The highest BCUT2D eigenvalue weighted by atomic mass is 35.5. The highest BCUT2D eigenvalue weighted by Gasteiger charge is 2.39. The molecule has 12 rings (SSSR count). The van der Waals surface area contributed by atoms with Crippen molar-refractivity contribution in [3.63, 3.8) is 0 Å². The third-order valence-corrected chi connectivity index (χ3v) is 16.7. The van der Waals surface area contributed by atoms with Gasteiger partial charge in [0.25, 0.3) is 0 Å². The average molecular weight is 1260 g/mol. The van der Waals surface area contributed by atoms with Crippen molar-refractivity contribution in [3.8, 4) is 73.3 Å². The minimum atomic E-state index is -1.54. The lowest BCUT2D eigenvalue weighted by Crippen LogP contribution is -2.39. The average Bonchev–Trinajstić information content (AvgIpc) is 1.45. The van der Waals surface area contributed by atoms with E-state index in [2.05, 4.69) is 15.0 Å². The van der Waals surface area contributed by atoms with E-state index in [9.17, 15) is 14.3 Å². The Morgan fingerprint density at radius 1 is 0.711 bits per heavy atom. The summed E-state index contributed by atoms with van der Waals surface area (Å²) in [5.74, 6) is 1.61. The van der Waals surface area contributed by atoms with Crippen LogP contribution in [0, 0.1) is 12.7 Å². The van der Waals surface area contributed by atoms with Crippen molar-refractivity contribution in [2.24, 2.45) is 0 Å². The molecule has 0 unspecified atom stereocenters. The number of benzene rings is 7. The van der Waals surface area contributed by atoms with Crippen LogP contribution in [-0.2, 0) is 42.4 Å². The van der Waals surface area contributed by atoms with Gasteiger partial charge in [-0.15, -0.1) is 11.3 Å². The van der Waals surface area contributed by atoms with E-state index in [0.29, 0.717) is 128 Å². The maximum Gasteiger partial charge on any atom is 0.345 e. The SMILES string of the molecule is COCCOCCOCCOc1ccccc1-c1nccc(COc2ccc3cc2C[C@H](C(=O)O)Oc2ncnc4sc(-c5ccc(F)cc5)c(c24)-c2ccc(c(Cl)c2C)O[C@H](COC(c2ccccc2)(c2ccc(OC)cc2)c2ccc(OC)cc2)CO3)n1. The van der Waals surface area contributed by atoms with Gasteiger partial charge in [0.2, 0.25) is 12.0 Å². The molecular formula is C70H64ClFN4O13S. The molecule has 90 heavy (non-hydrogen) atoms. The first kappa shape index (κ1) is 62.4. The van der Waals surface area contributed by atoms with Gasteiger partial charge in [-0.25, -0.2) is 29.1 Å².